The predicted octanol–water partition coefficient (Wildman–Crippen LogP) is 8.03. The number of aliphatic carboxylic acids is 1. The predicted molar refractivity (Wildman–Crippen MR) is 242 cm³/mol. The third kappa shape index (κ3) is 16.9. The van der Waals surface area contributed by atoms with Gasteiger partial charge in [0.15, 0.2) is 0 Å². The minimum atomic E-state index is -2.92. The first-order valence-electron chi connectivity index (χ1n) is 23.7. The maximum Gasteiger partial charge on any atom is 0.326 e. The number of ether oxygens (including phenoxy) is 1. The molecule has 2 heterocycles. The van der Waals surface area contributed by atoms with Gasteiger partial charge < -0.3 is 35.0 Å². The van der Waals surface area contributed by atoms with E-state index in [-0.39, 0.29) is 55.4 Å². The number of carbonyl (C=O) groups is 5. The Balaban J connectivity index is 1.38. The molecule has 4 N–H and O–H groups in total. The highest BCUT2D eigenvalue weighted by Crippen LogP contribution is 2.31. The van der Waals surface area contributed by atoms with Gasteiger partial charge in [0.1, 0.15) is 11.8 Å². The number of carboxylic acids is 1. The molecule has 12 heteroatoms. The number of nitrogens with zero attached hydrogens (tertiary/aromatic N) is 2. The number of carboxylic acid groups (broad SMARTS) is 1. The molecule has 3 rings (SSSR count). The number of methoxy groups -OCH3 is 1. The van der Waals surface area contributed by atoms with Gasteiger partial charge >= 0.3 is 5.97 Å². The maximum atomic E-state index is 13.0. The monoisotopic (exact) mass is 869 g/mol. The number of β-lactam (4-membered cyclic amide) rings is 1. The van der Waals surface area contributed by atoms with Crippen LogP contribution in [-0.2, 0) is 28.7 Å². The number of ketones is 2. The van der Waals surface area contributed by atoms with E-state index in [0.717, 1.165) is 34.8 Å². The highest BCUT2D eigenvalue weighted by molar-refractivity contribution is 6.39. The fourth-order valence-corrected chi connectivity index (χ4v) is 9.30. The largest absolute Gasteiger partial charge is 0.480 e. The van der Waals surface area contributed by atoms with Gasteiger partial charge in [0.05, 0.1) is 18.2 Å². The standard InChI is InChI=1S/C50H80N2O10/c1-35(32-38(4)45(54)34-44(53)37(3)22-12-8-7-9-14-24-40-25-19-26-41(33-40)62-6)20-11-10-13-21-36(2)42(51-31-29-46(51)55)27-16-15-23-39(5)50(60,61)47(56)48(57)52-30-18-17-28-43(52)49(58)59/h10-11,13,20-22,35,38-44,53,60-61H,7-9,12,14-19,23-34H2,1-6H3,(H,58,59)/b13-10+,20-11+,36-21+,37-22+. The molecule has 62 heavy (non-hydrogen) atoms. The molecule has 3 fully saturated rings. The lowest BCUT2D eigenvalue weighted by molar-refractivity contribution is -0.205. The Bertz CT molecular complexity index is 1580. The maximum absolute atomic E-state index is 13.0. The summed E-state index contributed by atoms with van der Waals surface area (Å²) in [6.07, 6.45) is 28.4. The first-order chi connectivity index (χ1) is 29.5. The quantitative estimate of drug-likeness (QED) is 0.0150. The summed E-state index contributed by atoms with van der Waals surface area (Å²) < 4.78 is 5.57. The second-order valence-electron chi connectivity index (χ2n) is 18.8. The van der Waals surface area contributed by atoms with Crippen molar-refractivity contribution in [3.8, 4) is 0 Å². The Morgan fingerprint density at radius 1 is 0.871 bits per heavy atom. The van der Waals surface area contributed by atoms with Crippen LogP contribution in [0.15, 0.2) is 47.6 Å². The minimum absolute atomic E-state index is 0.0678. The molecule has 350 valence electrons. The number of allylic oxidation sites excluding steroid dienone is 6. The van der Waals surface area contributed by atoms with Gasteiger partial charge in [-0.05, 0) is 95.5 Å². The second-order valence-corrected chi connectivity index (χ2v) is 18.8. The van der Waals surface area contributed by atoms with E-state index in [4.69, 9.17) is 4.74 Å². The van der Waals surface area contributed by atoms with Crippen molar-refractivity contribution in [1.29, 1.82) is 0 Å². The van der Waals surface area contributed by atoms with Gasteiger partial charge in [-0.3, -0.25) is 19.2 Å². The molecule has 2 saturated heterocycles. The molecule has 1 aliphatic carbocycles. The SMILES string of the molecule is COC1CCCC(CCCCCC/C=C(\C)C(O)CC(=O)C(C)CC(C)/C=C/C=C/C=C(\C)C(CCCCC(C)C(O)(O)C(=O)C(=O)N2CCCCC2C(=O)O)N2CCC2=O)C1. The summed E-state index contributed by atoms with van der Waals surface area (Å²) in [5.74, 6) is -6.78. The van der Waals surface area contributed by atoms with Gasteiger partial charge in [0.2, 0.25) is 11.7 Å². The molecule has 0 bridgehead atoms. The molecule has 3 aliphatic rings. The molecule has 8 atom stereocenters. The van der Waals surface area contributed by atoms with Crippen molar-refractivity contribution in [2.75, 3.05) is 20.2 Å². The molecule has 12 nitrogen and oxygen atoms in total. The number of likely N-dealkylation sites (tertiary alicyclic amines) is 2. The van der Waals surface area contributed by atoms with E-state index in [1.807, 2.05) is 57.1 Å². The first kappa shape index (κ1) is 52.9. The van der Waals surface area contributed by atoms with Crippen LogP contribution in [0, 0.1) is 23.7 Å². The smallest absolute Gasteiger partial charge is 0.326 e. The fraction of sp³-hybridized carbons (Fsp3) is 0.740. The Kier molecular flexibility index (Phi) is 23.0. The van der Waals surface area contributed by atoms with Crippen LogP contribution in [0.4, 0.5) is 0 Å². The number of unbranched alkanes of at least 4 members (excludes halogenated alkanes) is 5. The number of Topliss-reactive ketones (excluding diaryl/α,β-unsaturated/α-hetero) is 2. The molecule has 0 spiro atoms. The highest BCUT2D eigenvalue weighted by Gasteiger charge is 2.47. The zero-order valence-corrected chi connectivity index (χ0v) is 38.8. The van der Waals surface area contributed by atoms with Crippen LogP contribution in [0.5, 0.6) is 0 Å². The van der Waals surface area contributed by atoms with Crippen LogP contribution in [0.25, 0.3) is 0 Å². The molecular weight excluding hydrogens is 789 g/mol. The fourth-order valence-electron chi connectivity index (χ4n) is 9.30. The first-order valence-corrected chi connectivity index (χ1v) is 23.7. The molecule has 2 amide bonds. The van der Waals surface area contributed by atoms with E-state index in [1.165, 1.54) is 58.3 Å². The number of hydrogen-bond donors (Lipinski definition) is 4. The third-order valence-electron chi connectivity index (χ3n) is 13.7. The number of aliphatic hydroxyl groups excluding tert-OH is 1. The molecule has 0 aromatic rings. The van der Waals surface area contributed by atoms with Crippen LogP contribution in [0.2, 0.25) is 0 Å². The normalized spacial score (nSPS) is 23.0. The number of amides is 2. The van der Waals surface area contributed by atoms with Crippen molar-refractivity contribution in [2.24, 2.45) is 23.7 Å². The van der Waals surface area contributed by atoms with Gasteiger partial charge in [-0.1, -0.05) is 114 Å². The number of carbonyl (C=O) groups excluding carboxylic acids is 4. The van der Waals surface area contributed by atoms with Crippen molar-refractivity contribution in [1.82, 2.24) is 9.80 Å². The van der Waals surface area contributed by atoms with E-state index in [9.17, 15) is 44.4 Å². The number of piperidine rings is 1. The molecule has 2 aliphatic heterocycles. The van der Waals surface area contributed by atoms with Crippen LogP contribution < -0.4 is 0 Å². The van der Waals surface area contributed by atoms with Crippen molar-refractivity contribution < 1.29 is 49.1 Å². The average molecular weight is 869 g/mol. The van der Waals surface area contributed by atoms with Gasteiger partial charge in [0, 0.05) is 44.9 Å². The van der Waals surface area contributed by atoms with Crippen LogP contribution in [0.1, 0.15) is 163 Å². The second kappa shape index (κ2) is 27.0. The van der Waals surface area contributed by atoms with Crippen LogP contribution in [0.3, 0.4) is 0 Å². The van der Waals surface area contributed by atoms with Crippen molar-refractivity contribution in [3.63, 3.8) is 0 Å². The summed E-state index contributed by atoms with van der Waals surface area (Å²) in [5, 5.41) is 41.7. The van der Waals surface area contributed by atoms with E-state index in [2.05, 4.69) is 19.1 Å². The molecule has 0 aromatic carbocycles. The van der Waals surface area contributed by atoms with Crippen LogP contribution in [-0.4, -0.2) is 110 Å². The number of aliphatic hydroxyl groups is 3. The van der Waals surface area contributed by atoms with Crippen LogP contribution >= 0.6 is 0 Å². The lowest BCUT2D eigenvalue weighted by Gasteiger charge is -2.39. The summed E-state index contributed by atoms with van der Waals surface area (Å²) in [4.78, 5) is 65.7. The van der Waals surface area contributed by atoms with Crippen molar-refractivity contribution >= 4 is 29.4 Å². The zero-order valence-electron chi connectivity index (χ0n) is 38.8. The van der Waals surface area contributed by atoms with E-state index < -0.39 is 41.5 Å². The summed E-state index contributed by atoms with van der Waals surface area (Å²) in [7, 11) is 1.83. The van der Waals surface area contributed by atoms with E-state index in [0.29, 0.717) is 57.6 Å². The summed E-state index contributed by atoms with van der Waals surface area (Å²) in [5.41, 5.74) is 1.88. The van der Waals surface area contributed by atoms with Gasteiger partial charge in [-0.25, -0.2) is 4.79 Å². The topological polar surface area (TPSA) is 182 Å². The number of rotatable bonds is 28. The Labute approximate surface area is 371 Å². The molecule has 0 radical (unpaired) electrons. The minimum Gasteiger partial charge on any atom is -0.480 e. The highest BCUT2D eigenvalue weighted by atomic mass is 16.5. The Hall–Kier alpha value is -3.45. The van der Waals surface area contributed by atoms with Crippen molar-refractivity contribution in [2.45, 2.75) is 193 Å². The lowest BCUT2D eigenvalue weighted by Crippen LogP contribution is -2.57. The lowest BCUT2D eigenvalue weighted by atomic mass is 9.84. The molecule has 8 unspecified atom stereocenters. The molecule has 0 aromatic heterocycles. The average Bonchev–Trinajstić information content (AvgIpc) is 3.25. The Morgan fingerprint density at radius 3 is 2.27 bits per heavy atom. The number of hydrogen-bond acceptors (Lipinski definition) is 9. The third-order valence-corrected chi connectivity index (χ3v) is 13.7. The van der Waals surface area contributed by atoms with E-state index >= 15 is 0 Å². The van der Waals surface area contributed by atoms with Gasteiger partial charge in [-0.2, -0.15) is 0 Å². The van der Waals surface area contributed by atoms with Crippen molar-refractivity contribution in [3.05, 3.63) is 47.6 Å². The van der Waals surface area contributed by atoms with Gasteiger partial charge in [-0.15, -0.1) is 0 Å². The molecule has 1 saturated carbocycles. The Morgan fingerprint density at radius 2 is 1.60 bits per heavy atom. The zero-order chi connectivity index (χ0) is 45.8. The summed E-state index contributed by atoms with van der Waals surface area (Å²) in [6, 6.07) is -1.29. The molecular formula is C50H80N2O10. The summed E-state index contributed by atoms with van der Waals surface area (Å²) >= 11 is 0. The van der Waals surface area contributed by atoms with Gasteiger partial charge in [0.25, 0.3) is 11.7 Å². The van der Waals surface area contributed by atoms with E-state index in [1.54, 1.807) is 0 Å². The summed E-state index contributed by atoms with van der Waals surface area (Å²) in [6.45, 7) is 10.1.